The molecule has 1 amide bonds. The van der Waals surface area contributed by atoms with Gasteiger partial charge in [0.1, 0.15) is 13.1 Å². The first-order chi connectivity index (χ1) is 7.19. The maximum atomic E-state index is 11.7. The van der Waals surface area contributed by atoms with Gasteiger partial charge in [0.05, 0.1) is 21.4 Å². The Labute approximate surface area is 95.9 Å². The number of rotatable bonds is 3. The molecular formula is C9H6ClN3OS. The number of thiophene rings is 1. The summed E-state index contributed by atoms with van der Waals surface area (Å²) in [5, 5.41) is 17.0. The fourth-order valence-corrected chi connectivity index (χ4v) is 1.97. The van der Waals surface area contributed by atoms with Crippen molar-refractivity contribution in [3.63, 3.8) is 0 Å². The lowest BCUT2D eigenvalue weighted by molar-refractivity contribution is 0.0799. The van der Waals surface area contributed by atoms with Crippen molar-refractivity contribution in [2.24, 2.45) is 0 Å². The second-order valence-corrected chi connectivity index (χ2v) is 4.30. The third-order valence-corrected chi connectivity index (χ3v) is 2.81. The lowest BCUT2D eigenvalue weighted by Gasteiger charge is -2.13. The van der Waals surface area contributed by atoms with Crippen molar-refractivity contribution < 1.29 is 4.79 Å². The predicted octanol–water partition coefficient (Wildman–Crippen LogP) is 1.89. The predicted molar refractivity (Wildman–Crippen MR) is 56.5 cm³/mol. The third kappa shape index (κ3) is 2.95. The van der Waals surface area contributed by atoms with Crippen LogP contribution in [0.2, 0.25) is 4.34 Å². The molecule has 0 aliphatic heterocycles. The van der Waals surface area contributed by atoms with E-state index in [1.807, 2.05) is 12.1 Å². The van der Waals surface area contributed by atoms with Crippen molar-refractivity contribution in [2.75, 3.05) is 13.1 Å². The van der Waals surface area contributed by atoms with E-state index in [2.05, 4.69) is 0 Å². The van der Waals surface area contributed by atoms with E-state index in [9.17, 15) is 4.79 Å². The number of carbonyl (C=O) groups is 1. The smallest absolute Gasteiger partial charge is 0.265 e. The molecular weight excluding hydrogens is 234 g/mol. The average Bonchev–Trinajstić information content (AvgIpc) is 2.63. The highest BCUT2D eigenvalue weighted by Crippen LogP contribution is 2.22. The molecule has 1 rings (SSSR count). The third-order valence-electron chi connectivity index (χ3n) is 1.59. The van der Waals surface area contributed by atoms with Gasteiger partial charge in [0, 0.05) is 0 Å². The highest BCUT2D eigenvalue weighted by Gasteiger charge is 2.16. The molecule has 4 nitrogen and oxygen atoms in total. The first-order valence-electron chi connectivity index (χ1n) is 3.97. The van der Waals surface area contributed by atoms with Crippen molar-refractivity contribution in [1.29, 1.82) is 10.5 Å². The Morgan fingerprint density at radius 2 is 2.00 bits per heavy atom. The Balaban J connectivity index is 2.82. The van der Waals surface area contributed by atoms with Gasteiger partial charge in [-0.25, -0.2) is 0 Å². The molecule has 0 aliphatic rings. The Morgan fingerprint density at radius 1 is 1.40 bits per heavy atom. The molecule has 1 aromatic heterocycles. The second-order valence-electron chi connectivity index (χ2n) is 2.58. The average molecular weight is 240 g/mol. The van der Waals surface area contributed by atoms with Crippen LogP contribution in [0.5, 0.6) is 0 Å². The van der Waals surface area contributed by atoms with Crippen molar-refractivity contribution >= 4 is 28.8 Å². The molecule has 76 valence electrons. The van der Waals surface area contributed by atoms with Crippen LogP contribution in [0.4, 0.5) is 0 Å². The minimum Gasteiger partial charge on any atom is -0.311 e. The highest BCUT2D eigenvalue weighted by atomic mass is 35.5. The fraction of sp³-hybridized carbons (Fsp3) is 0.222. The van der Waals surface area contributed by atoms with Gasteiger partial charge in [-0.05, 0) is 12.1 Å². The lowest BCUT2D eigenvalue weighted by Crippen LogP contribution is -2.31. The van der Waals surface area contributed by atoms with Crippen LogP contribution < -0.4 is 0 Å². The van der Waals surface area contributed by atoms with Crippen LogP contribution in [0, 0.1) is 22.7 Å². The Bertz CT molecular complexity index is 427. The summed E-state index contributed by atoms with van der Waals surface area (Å²) in [4.78, 5) is 13.3. The topological polar surface area (TPSA) is 67.9 Å². The summed E-state index contributed by atoms with van der Waals surface area (Å²) >= 11 is 6.81. The van der Waals surface area contributed by atoms with Crippen LogP contribution in [-0.4, -0.2) is 23.9 Å². The minimum absolute atomic E-state index is 0.0953. The number of hydrogen-bond acceptors (Lipinski definition) is 4. The number of halogens is 1. The summed E-state index contributed by atoms with van der Waals surface area (Å²) in [6, 6.07) is 6.86. The van der Waals surface area contributed by atoms with E-state index < -0.39 is 0 Å². The van der Waals surface area contributed by atoms with E-state index in [-0.39, 0.29) is 19.0 Å². The van der Waals surface area contributed by atoms with Gasteiger partial charge in [-0.3, -0.25) is 4.79 Å². The standard InChI is InChI=1S/C9H6ClN3OS/c10-8-2-1-7(15-8)9(14)13(5-3-11)6-4-12/h1-2H,5-6H2. The lowest BCUT2D eigenvalue weighted by atomic mass is 10.4. The van der Waals surface area contributed by atoms with Gasteiger partial charge in [0.15, 0.2) is 0 Å². The van der Waals surface area contributed by atoms with Gasteiger partial charge in [-0.1, -0.05) is 11.6 Å². The normalized spacial score (nSPS) is 9.00. The van der Waals surface area contributed by atoms with Crippen LogP contribution in [0.15, 0.2) is 12.1 Å². The molecule has 0 fully saturated rings. The monoisotopic (exact) mass is 239 g/mol. The molecule has 1 aromatic rings. The molecule has 0 saturated carbocycles. The number of nitriles is 2. The largest absolute Gasteiger partial charge is 0.311 e. The van der Waals surface area contributed by atoms with E-state index in [1.165, 1.54) is 4.90 Å². The van der Waals surface area contributed by atoms with Crippen LogP contribution in [0.1, 0.15) is 9.67 Å². The Morgan fingerprint density at radius 3 is 2.40 bits per heavy atom. The van der Waals surface area contributed by atoms with Gasteiger partial charge >= 0.3 is 0 Å². The molecule has 6 heteroatoms. The SMILES string of the molecule is N#CCN(CC#N)C(=O)c1ccc(Cl)s1. The van der Waals surface area contributed by atoms with Gasteiger partial charge in [0.2, 0.25) is 0 Å². The molecule has 0 unspecified atom stereocenters. The van der Waals surface area contributed by atoms with Crippen LogP contribution in [0.25, 0.3) is 0 Å². The number of nitrogens with zero attached hydrogens (tertiary/aromatic N) is 3. The summed E-state index contributed by atoms with van der Waals surface area (Å²) in [5.41, 5.74) is 0. The molecule has 0 aromatic carbocycles. The van der Waals surface area contributed by atoms with E-state index >= 15 is 0 Å². The van der Waals surface area contributed by atoms with Crippen molar-refractivity contribution in [3.05, 3.63) is 21.3 Å². The summed E-state index contributed by atoms with van der Waals surface area (Å²) in [7, 11) is 0. The van der Waals surface area contributed by atoms with Crippen molar-refractivity contribution in [1.82, 2.24) is 4.90 Å². The van der Waals surface area contributed by atoms with Crippen molar-refractivity contribution in [2.45, 2.75) is 0 Å². The van der Waals surface area contributed by atoms with Gasteiger partial charge < -0.3 is 4.90 Å². The van der Waals surface area contributed by atoms with Gasteiger partial charge in [-0.15, -0.1) is 11.3 Å². The molecule has 0 radical (unpaired) electrons. The molecule has 0 atom stereocenters. The molecule has 0 aliphatic carbocycles. The number of amides is 1. The number of carbonyl (C=O) groups excluding carboxylic acids is 1. The first kappa shape index (κ1) is 11.5. The van der Waals surface area contributed by atoms with E-state index in [0.717, 1.165) is 11.3 Å². The molecule has 1 heterocycles. The summed E-state index contributed by atoms with van der Waals surface area (Å²) in [5.74, 6) is -0.338. The number of hydrogen-bond donors (Lipinski definition) is 0. The van der Waals surface area contributed by atoms with Crippen LogP contribution in [-0.2, 0) is 0 Å². The zero-order chi connectivity index (χ0) is 11.3. The van der Waals surface area contributed by atoms with Crippen molar-refractivity contribution in [3.8, 4) is 12.1 Å². The van der Waals surface area contributed by atoms with Gasteiger partial charge in [0.25, 0.3) is 5.91 Å². The quantitative estimate of drug-likeness (QED) is 0.757. The van der Waals surface area contributed by atoms with Crippen LogP contribution in [0.3, 0.4) is 0 Å². The fourth-order valence-electron chi connectivity index (χ4n) is 0.955. The molecule has 0 N–H and O–H groups in total. The Hall–Kier alpha value is -1.56. The zero-order valence-electron chi connectivity index (χ0n) is 7.61. The molecule has 0 saturated heterocycles. The van der Waals surface area contributed by atoms with E-state index in [1.54, 1.807) is 12.1 Å². The van der Waals surface area contributed by atoms with E-state index in [4.69, 9.17) is 22.1 Å². The zero-order valence-corrected chi connectivity index (χ0v) is 9.18. The highest BCUT2D eigenvalue weighted by molar-refractivity contribution is 7.17. The van der Waals surface area contributed by atoms with Gasteiger partial charge in [-0.2, -0.15) is 10.5 Å². The summed E-state index contributed by atoms with van der Waals surface area (Å²) < 4.78 is 0.507. The maximum absolute atomic E-state index is 11.7. The maximum Gasteiger partial charge on any atom is 0.265 e. The summed E-state index contributed by atoms with van der Waals surface area (Å²) in [6.07, 6.45) is 0. The molecule has 0 bridgehead atoms. The summed E-state index contributed by atoms with van der Waals surface area (Å²) in [6.45, 7) is -0.191. The minimum atomic E-state index is -0.338. The Kier molecular flexibility index (Phi) is 4.11. The van der Waals surface area contributed by atoms with E-state index in [0.29, 0.717) is 9.21 Å². The second kappa shape index (κ2) is 5.35. The molecule has 15 heavy (non-hydrogen) atoms. The van der Waals surface area contributed by atoms with Crippen LogP contribution >= 0.6 is 22.9 Å². The molecule has 0 spiro atoms. The first-order valence-corrected chi connectivity index (χ1v) is 5.17.